The predicted molar refractivity (Wildman–Crippen MR) is 79.2 cm³/mol. The first-order chi connectivity index (χ1) is 10.2. The number of hydrogen-bond donors (Lipinski definition) is 2. The molecule has 0 radical (unpaired) electrons. The SMILES string of the molecule is OCC#Cc1ccc(CN2CCN(CCO)CC2)c(F)c1. The molecule has 1 saturated heterocycles. The number of β-amino-alcohol motifs (C(OH)–C–C–N with tert-alkyl or cyclic N) is 1. The fraction of sp³-hybridized carbons (Fsp3) is 0.500. The van der Waals surface area contributed by atoms with Crippen LogP contribution in [0.2, 0.25) is 0 Å². The lowest BCUT2D eigenvalue weighted by Gasteiger charge is -2.34. The molecule has 0 bridgehead atoms. The normalized spacial score (nSPS) is 16.5. The summed E-state index contributed by atoms with van der Waals surface area (Å²) in [6.45, 7) is 4.83. The lowest BCUT2D eigenvalue weighted by Crippen LogP contribution is -2.46. The Hall–Kier alpha value is -1.45. The number of halogens is 1. The van der Waals surface area contributed by atoms with E-state index in [0.717, 1.165) is 26.2 Å². The van der Waals surface area contributed by atoms with Gasteiger partial charge in [0.1, 0.15) is 12.4 Å². The summed E-state index contributed by atoms with van der Waals surface area (Å²) < 4.78 is 14.0. The van der Waals surface area contributed by atoms with Crippen LogP contribution in [0.25, 0.3) is 0 Å². The van der Waals surface area contributed by atoms with Gasteiger partial charge in [-0.05, 0) is 12.1 Å². The molecule has 0 aromatic heterocycles. The molecule has 0 amide bonds. The number of hydrogen-bond acceptors (Lipinski definition) is 4. The number of benzene rings is 1. The van der Waals surface area contributed by atoms with Crippen LogP contribution >= 0.6 is 0 Å². The molecule has 1 aliphatic rings. The number of piperazine rings is 1. The highest BCUT2D eigenvalue weighted by atomic mass is 19.1. The third-order valence-corrected chi connectivity index (χ3v) is 3.64. The summed E-state index contributed by atoms with van der Waals surface area (Å²) in [5.74, 6) is 4.96. The summed E-state index contributed by atoms with van der Waals surface area (Å²) in [6.07, 6.45) is 0. The summed E-state index contributed by atoms with van der Waals surface area (Å²) in [5.41, 5.74) is 1.25. The molecule has 1 aliphatic heterocycles. The molecule has 114 valence electrons. The van der Waals surface area contributed by atoms with Crippen LogP contribution in [0.1, 0.15) is 11.1 Å². The van der Waals surface area contributed by atoms with E-state index < -0.39 is 0 Å². The standard InChI is InChI=1S/C16H21FN2O2/c17-16-12-14(2-1-10-20)3-4-15(16)13-19-7-5-18(6-8-19)9-11-21/h3-4,12,20-21H,5-11,13H2. The van der Waals surface area contributed by atoms with Crippen molar-refractivity contribution in [3.05, 3.63) is 35.1 Å². The van der Waals surface area contributed by atoms with Gasteiger partial charge in [-0.2, -0.15) is 0 Å². The van der Waals surface area contributed by atoms with Crippen LogP contribution in [0.5, 0.6) is 0 Å². The van der Waals surface area contributed by atoms with E-state index >= 15 is 0 Å². The number of aliphatic hydroxyl groups excluding tert-OH is 2. The van der Waals surface area contributed by atoms with Crippen molar-refractivity contribution in [2.45, 2.75) is 6.54 Å². The fourth-order valence-electron chi connectivity index (χ4n) is 2.45. The van der Waals surface area contributed by atoms with E-state index in [4.69, 9.17) is 10.2 Å². The van der Waals surface area contributed by atoms with E-state index in [1.54, 1.807) is 12.1 Å². The average molecular weight is 292 g/mol. The molecule has 0 aliphatic carbocycles. The Balaban J connectivity index is 1.92. The molecule has 0 atom stereocenters. The lowest BCUT2D eigenvalue weighted by atomic mass is 10.1. The van der Waals surface area contributed by atoms with E-state index in [2.05, 4.69) is 21.6 Å². The van der Waals surface area contributed by atoms with Crippen LogP contribution in [-0.4, -0.2) is 66.0 Å². The van der Waals surface area contributed by atoms with Gasteiger partial charge in [0.2, 0.25) is 0 Å². The Kier molecular flexibility index (Phi) is 6.15. The highest BCUT2D eigenvalue weighted by Crippen LogP contribution is 2.14. The maximum atomic E-state index is 14.0. The zero-order chi connectivity index (χ0) is 15.1. The molecule has 2 N–H and O–H groups in total. The van der Waals surface area contributed by atoms with Gasteiger partial charge in [0.25, 0.3) is 0 Å². The van der Waals surface area contributed by atoms with Crippen LogP contribution in [0, 0.1) is 17.7 Å². The Labute approximate surface area is 124 Å². The molecule has 0 saturated carbocycles. The van der Waals surface area contributed by atoms with Gasteiger partial charge < -0.3 is 10.2 Å². The minimum Gasteiger partial charge on any atom is -0.395 e. The second-order valence-electron chi connectivity index (χ2n) is 5.11. The van der Waals surface area contributed by atoms with Crippen molar-refractivity contribution in [2.75, 3.05) is 45.9 Å². The van der Waals surface area contributed by atoms with Crippen LogP contribution in [-0.2, 0) is 6.54 Å². The predicted octanol–water partition coefficient (Wildman–Crippen LogP) is 0.279. The second-order valence-corrected chi connectivity index (χ2v) is 5.11. The zero-order valence-corrected chi connectivity index (χ0v) is 12.1. The topological polar surface area (TPSA) is 46.9 Å². The molecule has 0 spiro atoms. The van der Waals surface area contributed by atoms with Crippen molar-refractivity contribution in [1.82, 2.24) is 9.80 Å². The van der Waals surface area contributed by atoms with E-state index in [1.165, 1.54) is 6.07 Å². The maximum absolute atomic E-state index is 14.0. The fourth-order valence-corrected chi connectivity index (χ4v) is 2.45. The van der Waals surface area contributed by atoms with Crippen LogP contribution in [0.3, 0.4) is 0 Å². The number of aliphatic hydroxyl groups is 2. The van der Waals surface area contributed by atoms with Gasteiger partial charge in [-0.3, -0.25) is 9.80 Å². The highest BCUT2D eigenvalue weighted by Gasteiger charge is 2.17. The summed E-state index contributed by atoms with van der Waals surface area (Å²) in [6, 6.07) is 4.96. The monoisotopic (exact) mass is 292 g/mol. The summed E-state index contributed by atoms with van der Waals surface area (Å²) in [4.78, 5) is 4.42. The first-order valence-corrected chi connectivity index (χ1v) is 7.16. The minimum atomic E-state index is -0.252. The van der Waals surface area contributed by atoms with E-state index in [-0.39, 0.29) is 19.0 Å². The molecular formula is C16H21FN2O2. The maximum Gasteiger partial charge on any atom is 0.128 e. The van der Waals surface area contributed by atoms with Gasteiger partial charge in [0, 0.05) is 50.4 Å². The van der Waals surface area contributed by atoms with Crippen molar-refractivity contribution in [3.8, 4) is 11.8 Å². The highest BCUT2D eigenvalue weighted by molar-refractivity contribution is 5.37. The Morgan fingerprint density at radius 3 is 2.43 bits per heavy atom. The van der Waals surface area contributed by atoms with Crippen LogP contribution < -0.4 is 0 Å². The summed E-state index contributed by atoms with van der Waals surface area (Å²) in [7, 11) is 0. The van der Waals surface area contributed by atoms with Crippen molar-refractivity contribution < 1.29 is 14.6 Å². The van der Waals surface area contributed by atoms with Gasteiger partial charge in [0.05, 0.1) is 6.61 Å². The Bertz CT molecular complexity index is 517. The van der Waals surface area contributed by atoms with Crippen molar-refractivity contribution in [2.24, 2.45) is 0 Å². The number of nitrogens with zero attached hydrogens (tertiary/aromatic N) is 2. The van der Waals surface area contributed by atoms with E-state index in [1.807, 2.05) is 0 Å². The van der Waals surface area contributed by atoms with E-state index in [9.17, 15) is 4.39 Å². The minimum absolute atomic E-state index is 0.185. The lowest BCUT2D eigenvalue weighted by molar-refractivity contribution is 0.108. The van der Waals surface area contributed by atoms with Gasteiger partial charge in [0.15, 0.2) is 0 Å². The van der Waals surface area contributed by atoms with Crippen molar-refractivity contribution >= 4 is 0 Å². The first kappa shape index (κ1) is 15.9. The van der Waals surface area contributed by atoms with Gasteiger partial charge in [-0.1, -0.05) is 17.9 Å². The van der Waals surface area contributed by atoms with Crippen molar-refractivity contribution in [3.63, 3.8) is 0 Å². The number of rotatable bonds is 4. The largest absolute Gasteiger partial charge is 0.395 e. The third-order valence-electron chi connectivity index (χ3n) is 3.64. The summed E-state index contributed by atoms with van der Waals surface area (Å²) in [5, 5.41) is 17.5. The molecule has 1 heterocycles. The van der Waals surface area contributed by atoms with Crippen LogP contribution in [0.15, 0.2) is 18.2 Å². The Morgan fingerprint density at radius 1 is 1.10 bits per heavy atom. The van der Waals surface area contributed by atoms with Gasteiger partial charge >= 0.3 is 0 Å². The van der Waals surface area contributed by atoms with Gasteiger partial charge in [-0.15, -0.1) is 0 Å². The molecule has 4 nitrogen and oxygen atoms in total. The van der Waals surface area contributed by atoms with Gasteiger partial charge in [-0.25, -0.2) is 4.39 Å². The zero-order valence-electron chi connectivity index (χ0n) is 12.1. The molecule has 0 unspecified atom stereocenters. The Morgan fingerprint density at radius 2 is 1.81 bits per heavy atom. The quantitative estimate of drug-likeness (QED) is 0.783. The smallest absolute Gasteiger partial charge is 0.128 e. The molecule has 1 fully saturated rings. The van der Waals surface area contributed by atoms with Crippen molar-refractivity contribution in [1.29, 1.82) is 0 Å². The molecular weight excluding hydrogens is 271 g/mol. The van der Waals surface area contributed by atoms with E-state index in [0.29, 0.717) is 24.2 Å². The molecule has 21 heavy (non-hydrogen) atoms. The van der Waals surface area contributed by atoms with Crippen LogP contribution in [0.4, 0.5) is 4.39 Å². The molecule has 1 aromatic rings. The molecule has 1 aromatic carbocycles. The second kappa shape index (κ2) is 8.11. The first-order valence-electron chi connectivity index (χ1n) is 7.16. The molecule has 2 rings (SSSR count). The molecule has 5 heteroatoms. The third kappa shape index (κ3) is 4.80. The average Bonchev–Trinajstić information content (AvgIpc) is 2.50. The summed E-state index contributed by atoms with van der Waals surface area (Å²) >= 11 is 0.